The van der Waals surface area contributed by atoms with Crippen LogP contribution in [0.5, 0.6) is 0 Å². The molecule has 0 aliphatic heterocycles. The highest BCUT2D eigenvalue weighted by Crippen LogP contribution is 2.24. The van der Waals surface area contributed by atoms with Crippen molar-refractivity contribution in [2.24, 2.45) is 0 Å². The maximum absolute atomic E-state index is 12.4. The molecule has 5 aromatic rings. The summed E-state index contributed by atoms with van der Waals surface area (Å²) in [7, 11) is 0. The van der Waals surface area contributed by atoms with Crippen LogP contribution in [0.1, 0.15) is 16.2 Å². The van der Waals surface area contributed by atoms with E-state index in [0.29, 0.717) is 13.0 Å². The van der Waals surface area contributed by atoms with Gasteiger partial charge in [0.1, 0.15) is 0 Å². The monoisotopic (exact) mass is 421 g/mol. The number of aromatic nitrogens is 6. The topological polar surface area (TPSA) is 90.0 Å². The van der Waals surface area contributed by atoms with E-state index in [4.69, 9.17) is 0 Å². The van der Waals surface area contributed by atoms with Gasteiger partial charge in [-0.1, -0.05) is 24.3 Å². The van der Waals surface area contributed by atoms with Gasteiger partial charge >= 0.3 is 0 Å². The normalized spacial score (nSPS) is 11.2. The van der Waals surface area contributed by atoms with Crippen molar-refractivity contribution in [1.82, 2.24) is 34.9 Å². The van der Waals surface area contributed by atoms with E-state index >= 15 is 0 Å². The van der Waals surface area contributed by atoms with Gasteiger partial charge in [-0.2, -0.15) is 14.9 Å². The minimum absolute atomic E-state index is 0.253. The Kier molecular flexibility index (Phi) is 4.62. The van der Waals surface area contributed by atoms with E-state index in [-0.39, 0.29) is 11.6 Å². The highest BCUT2D eigenvalue weighted by molar-refractivity contribution is 7.15. The zero-order valence-electron chi connectivity index (χ0n) is 15.1. The first kappa shape index (κ1) is 17.7. The van der Waals surface area contributed by atoms with E-state index in [2.05, 4.69) is 25.6 Å². The summed E-state index contributed by atoms with van der Waals surface area (Å²) in [6, 6.07) is 13.5. The first-order chi connectivity index (χ1) is 14.3. The molecule has 10 heteroatoms. The van der Waals surface area contributed by atoms with Gasteiger partial charge in [0, 0.05) is 18.3 Å². The third kappa shape index (κ3) is 3.55. The van der Waals surface area contributed by atoms with Gasteiger partial charge in [-0.3, -0.25) is 4.79 Å². The number of nitrogens with one attached hydrogen (secondary N) is 1. The zero-order valence-corrected chi connectivity index (χ0v) is 16.7. The second kappa shape index (κ2) is 7.57. The SMILES string of the molecule is O=C(NCCc1csc2nc(-c3cccs3)nn12)c1cnn(-c2ccccc2)n1. The van der Waals surface area contributed by atoms with Crippen LogP contribution in [-0.2, 0) is 6.42 Å². The first-order valence-electron chi connectivity index (χ1n) is 8.91. The summed E-state index contributed by atoms with van der Waals surface area (Å²) < 4.78 is 1.84. The lowest BCUT2D eigenvalue weighted by Gasteiger charge is -2.02. The Balaban J connectivity index is 1.23. The highest BCUT2D eigenvalue weighted by Gasteiger charge is 2.14. The fourth-order valence-corrected chi connectivity index (χ4v) is 4.36. The molecule has 0 saturated heterocycles. The molecular formula is C19H15N7OS2. The largest absolute Gasteiger partial charge is 0.350 e. The maximum Gasteiger partial charge on any atom is 0.273 e. The van der Waals surface area contributed by atoms with Crippen LogP contribution < -0.4 is 5.32 Å². The van der Waals surface area contributed by atoms with Gasteiger partial charge < -0.3 is 5.32 Å². The molecule has 1 aromatic carbocycles. The van der Waals surface area contributed by atoms with Gasteiger partial charge in [-0.05, 0) is 23.6 Å². The standard InChI is InChI=1S/C19H15N7OS2/c27-18(15-11-21-26(23-15)13-5-2-1-3-6-13)20-9-8-14-12-29-19-22-17(24-25(14)19)16-7-4-10-28-16/h1-7,10-12H,8-9H2,(H,20,27). The third-order valence-electron chi connectivity index (χ3n) is 4.27. The molecule has 29 heavy (non-hydrogen) atoms. The van der Waals surface area contributed by atoms with Crippen LogP contribution in [0.15, 0.2) is 59.4 Å². The second-order valence-corrected chi connectivity index (χ2v) is 7.98. The minimum atomic E-state index is -0.253. The number of hydrogen-bond donors (Lipinski definition) is 1. The van der Waals surface area contributed by atoms with Crippen molar-refractivity contribution >= 4 is 33.5 Å². The van der Waals surface area contributed by atoms with Crippen molar-refractivity contribution in [3.8, 4) is 16.4 Å². The molecule has 0 fully saturated rings. The molecule has 5 rings (SSSR count). The van der Waals surface area contributed by atoms with Crippen molar-refractivity contribution in [2.75, 3.05) is 6.54 Å². The van der Waals surface area contributed by atoms with E-state index in [1.54, 1.807) is 22.7 Å². The number of amides is 1. The molecule has 0 aliphatic carbocycles. The van der Waals surface area contributed by atoms with Gasteiger partial charge in [-0.15, -0.1) is 32.9 Å². The quantitative estimate of drug-likeness (QED) is 0.455. The number of para-hydroxylation sites is 1. The Morgan fingerprint density at radius 2 is 1.97 bits per heavy atom. The number of rotatable bonds is 6. The maximum atomic E-state index is 12.4. The molecule has 0 unspecified atom stereocenters. The predicted molar refractivity (Wildman–Crippen MR) is 112 cm³/mol. The summed E-state index contributed by atoms with van der Waals surface area (Å²) in [6.07, 6.45) is 2.11. The van der Waals surface area contributed by atoms with Gasteiger partial charge in [0.2, 0.25) is 4.96 Å². The Hall–Kier alpha value is -3.37. The van der Waals surface area contributed by atoms with Crippen LogP contribution in [-0.4, -0.2) is 42.0 Å². The average Bonchev–Trinajstić information content (AvgIpc) is 3.52. The zero-order chi connectivity index (χ0) is 19.6. The number of carbonyl (C=O) groups excluding carboxylic acids is 1. The van der Waals surface area contributed by atoms with Crippen LogP contribution in [0.2, 0.25) is 0 Å². The summed E-state index contributed by atoms with van der Waals surface area (Å²) in [5.74, 6) is 0.478. The molecule has 0 saturated carbocycles. The molecule has 0 aliphatic rings. The number of benzene rings is 1. The lowest BCUT2D eigenvalue weighted by Crippen LogP contribution is -2.26. The van der Waals surface area contributed by atoms with Crippen molar-refractivity contribution in [3.63, 3.8) is 0 Å². The average molecular weight is 422 g/mol. The number of thiazole rings is 1. The molecule has 144 valence electrons. The summed E-state index contributed by atoms with van der Waals surface area (Å²) in [4.78, 5) is 20.3. The molecule has 0 spiro atoms. The van der Waals surface area contributed by atoms with Crippen LogP contribution >= 0.6 is 22.7 Å². The second-order valence-electron chi connectivity index (χ2n) is 6.19. The summed E-state index contributed by atoms with van der Waals surface area (Å²) in [6.45, 7) is 0.469. The van der Waals surface area contributed by atoms with E-state index in [0.717, 1.165) is 27.0 Å². The third-order valence-corrected chi connectivity index (χ3v) is 6.00. The summed E-state index contributed by atoms with van der Waals surface area (Å²) >= 11 is 3.16. The van der Waals surface area contributed by atoms with E-state index in [1.807, 2.05) is 57.7 Å². The lowest BCUT2D eigenvalue weighted by molar-refractivity contribution is 0.0948. The Morgan fingerprint density at radius 1 is 1.07 bits per heavy atom. The highest BCUT2D eigenvalue weighted by atomic mass is 32.1. The van der Waals surface area contributed by atoms with Crippen molar-refractivity contribution < 1.29 is 4.79 Å². The van der Waals surface area contributed by atoms with Gasteiger partial charge in [-0.25, -0.2) is 4.52 Å². The first-order valence-corrected chi connectivity index (χ1v) is 10.7. The lowest BCUT2D eigenvalue weighted by atomic mass is 10.3. The van der Waals surface area contributed by atoms with E-state index in [1.165, 1.54) is 11.0 Å². The molecule has 4 aromatic heterocycles. The Bertz CT molecular complexity index is 1250. The smallest absolute Gasteiger partial charge is 0.273 e. The van der Waals surface area contributed by atoms with Crippen LogP contribution in [0.25, 0.3) is 21.3 Å². The predicted octanol–water partition coefficient (Wildman–Crippen LogP) is 3.07. The van der Waals surface area contributed by atoms with Gasteiger partial charge in [0.05, 0.1) is 22.5 Å². The molecular weight excluding hydrogens is 406 g/mol. The van der Waals surface area contributed by atoms with Crippen molar-refractivity contribution in [1.29, 1.82) is 0 Å². The van der Waals surface area contributed by atoms with E-state index < -0.39 is 0 Å². The summed E-state index contributed by atoms with van der Waals surface area (Å²) in [5.41, 5.74) is 2.10. The van der Waals surface area contributed by atoms with Crippen LogP contribution in [0.3, 0.4) is 0 Å². The fraction of sp³-hybridized carbons (Fsp3) is 0.105. The van der Waals surface area contributed by atoms with Gasteiger partial charge in [0.15, 0.2) is 11.5 Å². The molecule has 1 N–H and O–H groups in total. The van der Waals surface area contributed by atoms with Crippen LogP contribution in [0, 0.1) is 0 Å². The fourth-order valence-electron chi connectivity index (χ4n) is 2.85. The molecule has 4 heterocycles. The Labute approximate surface area is 173 Å². The number of fused-ring (bicyclic) bond motifs is 1. The number of thiophene rings is 1. The number of nitrogens with zero attached hydrogens (tertiary/aromatic N) is 6. The van der Waals surface area contributed by atoms with Crippen LogP contribution in [0.4, 0.5) is 0 Å². The van der Waals surface area contributed by atoms with Crippen molar-refractivity contribution in [3.05, 3.63) is 70.8 Å². The number of carbonyl (C=O) groups is 1. The molecule has 8 nitrogen and oxygen atoms in total. The van der Waals surface area contributed by atoms with E-state index in [9.17, 15) is 4.79 Å². The molecule has 0 radical (unpaired) electrons. The number of hydrogen-bond acceptors (Lipinski definition) is 7. The van der Waals surface area contributed by atoms with Gasteiger partial charge in [0.25, 0.3) is 5.91 Å². The molecule has 1 amide bonds. The summed E-state index contributed by atoms with van der Waals surface area (Å²) in [5, 5.41) is 19.9. The van der Waals surface area contributed by atoms with Crippen molar-refractivity contribution in [2.45, 2.75) is 6.42 Å². The molecule has 0 atom stereocenters. The Morgan fingerprint density at radius 3 is 2.79 bits per heavy atom. The molecule has 0 bridgehead atoms. The minimum Gasteiger partial charge on any atom is -0.350 e.